The Morgan fingerprint density at radius 3 is 2.28 bits per heavy atom. The molecular weight excluding hydrogens is 230 g/mol. The smallest absolute Gasteiger partial charge is 0.0991 e. The molecule has 0 bridgehead atoms. The van der Waals surface area contributed by atoms with Crippen molar-refractivity contribution in [3.63, 3.8) is 0 Å². The van der Waals surface area contributed by atoms with E-state index in [-0.39, 0.29) is 11.6 Å². The highest BCUT2D eigenvalue weighted by molar-refractivity contribution is 5.36. The molecule has 0 saturated carbocycles. The molecule has 0 atom stereocenters. The van der Waals surface area contributed by atoms with E-state index in [0.29, 0.717) is 30.1 Å². The van der Waals surface area contributed by atoms with Crippen LogP contribution in [-0.2, 0) is 4.74 Å². The molecule has 0 aliphatic carbocycles. The van der Waals surface area contributed by atoms with Gasteiger partial charge in [-0.05, 0) is 26.3 Å². The molecule has 18 heavy (non-hydrogen) atoms. The van der Waals surface area contributed by atoms with Gasteiger partial charge in [0, 0.05) is 23.5 Å². The Morgan fingerprint density at radius 1 is 1.22 bits per heavy atom. The fourth-order valence-corrected chi connectivity index (χ4v) is 1.14. The van der Waals surface area contributed by atoms with Crippen LogP contribution in [0.4, 0.5) is 0 Å². The standard InChI is InChI=1S/C13H25N3O2/c1-4-5-6-18-8-11(13(15)16)7-12(14)9(2)10(3)17/h7,17H,4-6,8,14-16H2,1-3H3/b10-9-,12-7-. The van der Waals surface area contributed by atoms with Crippen LogP contribution in [0.3, 0.4) is 0 Å². The Bertz CT molecular complexity index is 349. The maximum atomic E-state index is 9.34. The molecule has 5 heteroatoms. The molecule has 0 radical (unpaired) electrons. The molecule has 0 fully saturated rings. The number of unbranched alkanes of at least 4 members (excludes halogenated alkanes) is 1. The topological polar surface area (TPSA) is 108 Å². The van der Waals surface area contributed by atoms with Gasteiger partial charge in [0.15, 0.2) is 0 Å². The summed E-state index contributed by atoms with van der Waals surface area (Å²) in [6, 6.07) is 0. The molecule has 104 valence electrons. The first-order chi connectivity index (χ1) is 8.40. The Kier molecular flexibility index (Phi) is 7.71. The van der Waals surface area contributed by atoms with Gasteiger partial charge in [-0.2, -0.15) is 0 Å². The number of hydrogen-bond donors (Lipinski definition) is 4. The van der Waals surface area contributed by atoms with Crippen LogP contribution in [-0.4, -0.2) is 18.3 Å². The lowest BCUT2D eigenvalue weighted by atomic mass is 10.1. The molecule has 0 aliphatic rings. The third-order valence-electron chi connectivity index (χ3n) is 2.58. The average molecular weight is 255 g/mol. The van der Waals surface area contributed by atoms with Crippen LogP contribution in [0.25, 0.3) is 0 Å². The molecule has 0 rings (SSSR count). The predicted molar refractivity (Wildman–Crippen MR) is 74.4 cm³/mol. The number of ether oxygens (including phenoxy) is 1. The first kappa shape index (κ1) is 16.4. The van der Waals surface area contributed by atoms with Crippen LogP contribution in [0.1, 0.15) is 33.6 Å². The van der Waals surface area contributed by atoms with E-state index < -0.39 is 0 Å². The van der Waals surface area contributed by atoms with Crippen LogP contribution in [0.5, 0.6) is 0 Å². The van der Waals surface area contributed by atoms with Crippen molar-refractivity contribution in [3.8, 4) is 0 Å². The van der Waals surface area contributed by atoms with Gasteiger partial charge in [-0.25, -0.2) is 0 Å². The van der Waals surface area contributed by atoms with E-state index in [1.165, 1.54) is 0 Å². The van der Waals surface area contributed by atoms with Crippen molar-refractivity contribution >= 4 is 0 Å². The average Bonchev–Trinajstić information content (AvgIpc) is 2.31. The zero-order chi connectivity index (χ0) is 14.1. The Labute approximate surface area is 109 Å². The third-order valence-corrected chi connectivity index (χ3v) is 2.58. The fraction of sp³-hybridized carbons (Fsp3) is 0.538. The lowest BCUT2D eigenvalue weighted by molar-refractivity contribution is 0.154. The summed E-state index contributed by atoms with van der Waals surface area (Å²) >= 11 is 0. The van der Waals surface area contributed by atoms with E-state index >= 15 is 0 Å². The minimum absolute atomic E-state index is 0.172. The van der Waals surface area contributed by atoms with Gasteiger partial charge in [-0.3, -0.25) is 0 Å². The highest BCUT2D eigenvalue weighted by Gasteiger charge is 2.04. The summed E-state index contributed by atoms with van der Waals surface area (Å²) in [6.07, 6.45) is 3.70. The molecule has 0 unspecified atom stereocenters. The van der Waals surface area contributed by atoms with Crippen molar-refractivity contribution in [3.05, 3.63) is 34.5 Å². The van der Waals surface area contributed by atoms with Crippen LogP contribution in [0.2, 0.25) is 0 Å². The summed E-state index contributed by atoms with van der Waals surface area (Å²) in [5.41, 5.74) is 18.6. The van der Waals surface area contributed by atoms with Crippen molar-refractivity contribution in [2.75, 3.05) is 13.2 Å². The molecule has 0 saturated heterocycles. The monoisotopic (exact) mass is 255 g/mol. The molecule has 0 aromatic carbocycles. The molecule has 0 aromatic rings. The largest absolute Gasteiger partial charge is 0.512 e. The van der Waals surface area contributed by atoms with Crippen molar-refractivity contribution < 1.29 is 9.84 Å². The van der Waals surface area contributed by atoms with Gasteiger partial charge in [0.05, 0.1) is 18.2 Å². The van der Waals surface area contributed by atoms with E-state index in [1.54, 1.807) is 19.9 Å². The first-order valence-electron chi connectivity index (χ1n) is 6.05. The molecule has 0 amide bonds. The van der Waals surface area contributed by atoms with Crippen molar-refractivity contribution in [2.45, 2.75) is 33.6 Å². The van der Waals surface area contributed by atoms with Crippen LogP contribution < -0.4 is 17.2 Å². The summed E-state index contributed by atoms with van der Waals surface area (Å²) in [4.78, 5) is 0. The second-order valence-electron chi connectivity index (χ2n) is 4.20. The second kappa shape index (κ2) is 8.47. The number of aliphatic hydroxyl groups excluding tert-OH is 1. The van der Waals surface area contributed by atoms with Gasteiger partial charge in [0.2, 0.25) is 0 Å². The molecule has 5 nitrogen and oxygen atoms in total. The van der Waals surface area contributed by atoms with Gasteiger partial charge in [-0.15, -0.1) is 0 Å². The molecule has 7 N–H and O–H groups in total. The molecule has 0 aromatic heterocycles. The SMILES string of the molecule is CCCCOCC(/C=C(N)/C(C)=C(/C)O)=C(N)N. The summed E-state index contributed by atoms with van der Waals surface area (Å²) in [7, 11) is 0. The van der Waals surface area contributed by atoms with Gasteiger partial charge in [0.25, 0.3) is 0 Å². The minimum atomic E-state index is 0.172. The highest BCUT2D eigenvalue weighted by atomic mass is 16.5. The number of aliphatic hydroxyl groups is 1. The quantitative estimate of drug-likeness (QED) is 0.314. The van der Waals surface area contributed by atoms with Crippen molar-refractivity contribution in [1.29, 1.82) is 0 Å². The van der Waals surface area contributed by atoms with Gasteiger partial charge in [-0.1, -0.05) is 13.3 Å². The van der Waals surface area contributed by atoms with Crippen molar-refractivity contribution in [2.24, 2.45) is 17.2 Å². The van der Waals surface area contributed by atoms with Gasteiger partial charge in [0.1, 0.15) is 0 Å². The maximum Gasteiger partial charge on any atom is 0.0991 e. The maximum absolute atomic E-state index is 9.34. The zero-order valence-electron chi connectivity index (χ0n) is 11.5. The number of nitrogens with two attached hydrogens (primary N) is 3. The van der Waals surface area contributed by atoms with E-state index in [9.17, 15) is 5.11 Å². The zero-order valence-corrected chi connectivity index (χ0v) is 11.5. The Balaban J connectivity index is 4.71. The van der Waals surface area contributed by atoms with E-state index in [1.807, 2.05) is 0 Å². The summed E-state index contributed by atoms with van der Waals surface area (Å²) in [5, 5.41) is 9.34. The summed E-state index contributed by atoms with van der Waals surface area (Å²) in [5.74, 6) is 0.350. The lowest BCUT2D eigenvalue weighted by Gasteiger charge is -2.09. The second-order valence-corrected chi connectivity index (χ2v) is 4.20. The summed E-state index contributed by atoms with van der Waals surface area (Å²) < 4.78 is 5.44. The molecule has 0 aliphatic heterocycles. The van der Waals surface area contributed by atoms with Crippen LogP contribution in [0, 0.1) is 0 Å². The van der Waals surface area contributed by atoms with E-state index in [4.69, 9.17) is 21.9 Å². The lowest BCUT2D eigenvalue weighted by Crippen LogP contribution is -2.16. The van der Waals surface area contributed by atoms with E-state index in [2.05, 4.69) is 6.92 Å². The Hall–Kier alpha value is -1.62. The number of rotatable bonds is 7. The minimum Gasteiger partial charge on any atom is -0.512 e. The normalized spacial score (nSPS) is 13.2. The van der Waals surface area contributed by atoms with Crippen molar-refractivity contribution in [1.82, 2.24) is 0 Å². The van der Waals surface area contributed by atoms with Gasteiger partial charge < -0.3 is 27.0 Å². The molecule has 0 heterocycles. The van der Waals surface area contributed by atoms with E-state index in [0.717, 1.165) is 12.8 Å². The molecular formula is C13H25N3O2. The predicted octanol–water partition coefficient (Wildman–Crippen LogP) is 1.63. The Morgan fingerprint density at radius 2 is 1.83 bits per heavy atom. The fourth-order valence-electron chi connectivity index (χ4n) is 1.14. The highest BCUT2D eigenvalue weighted by Crippen LogP contribution is 2.11. The first-order valence-corrected chi connectivity index (χ1v) is 6.05. The number of allylic oxidation sites excluding steroid dienone is 2. The van der Waals surface area contributed by atoms with Crippen LogP contribution >= 0.6 is 0 Å². The number of hydrogen-bond acceptors (Lipinski definition) is 5. The summed E-state index contributed by atoms with van der Waals surface area (Å²) in [6.45, 7) is 6.37. The van der Waals surface area contributed by atoms with Crippen LogP contribution in [0.15, 0.2) is 34.5 Å². The third kappa shape index (κ3) is 6.20. The van der Waals surface area contributed by atoms with Gasteiger partial charge >= 0.3 is 0 Å². The molecule has 0 spiro atoms.